The van der Waals surface area contributed by atoms with E-state index in [1.165, 1.54) is 31.4 Å². The maximum absolute atomic E-state index is 14.5. The zero-order chi connectivity index (χ0) is 22.3. The molecule has 0 radical (unpaired) electrons. The molecule has 0 fully saturated rings. The van der Waals surface area contributed by atoms with E-state index in [1.54, 1.807) is 7.05 Å². The molecule has 30 heavy (non-hydrogen) atoms. The average molecular weight is 425 g/mol. The minimum Gasteiger partial charge on any atom is -0.497 e. The van der Waals surface area contributed by atoms with Crippen LogP contribution in [0.4, 0.5) is 14.5 Å². The number of nitrogens with zero attached hydrogens (tertiary/aromatic N) is 3. The van der Waals surface area contributed by atoms with Crippen LogP contribution in [0.1, 0.15) is 23.9 Å². The molecule has 2 aromatic rings. The van der Waals surface area contributed by atoms with Crippen molar-refractivity contribution in [2.24, 2.45) is 0 Å². The third-order valence-electron chi connectivity index (χ3n) is 4.75. The first-order chi connectivity index (χ1) is 14.4. The van der Waals surface area contributed by atoms with E-state index < -0.39 is 29.2 Å². The van der Waals surface area contributed by atoms with Crippen LogP contribution in [0, 0.1) is 11.6 Å². The van der Waals surface area contributed by atoms with E-state index in [2.05, 4.69) is 5.10 Å². The van der Waals surface area contributed by atoms with Gasteiger partial charge in [0.05, 0.1) is 20.3 Å². The number of aromatic nitrogens is 2. The molecule has 8 nitrogen and oxygen atoms in total. The van der Waals surface area contributed by atoms with Crippen LogP contribution in [0.15, 0.2) is 29.2 Å². The van der Waals surface area contributed by atoms with Gasteiger partial charge in [0.1, 0.15) is 35.4 Å². The Bertz CT molecular complexity index is 899. The molecule has 0 aliphatic heterocycles. The normalized spacial score (nSPS) is 13.0. The van der Waals surface area contributed by atoms with Gasteiger partial charge in [-0.1, -0.05) is 0 Å². The first-order valence-corrected chi connectivity index (χ1v) is 9.23. The van der Waals surface area contributed by atoms with Gasteiger partial charge in [-0.15, -0.1) is 0 Å². The smallest absolute Gasteiger partial charge is 0.290 e. The lowest BCUT2D eigenvalue weighted by molar-refractivity contribution is -0.108. The highest BCUT2D eigenvalue weighted by atomic mass is 19.1. The van der Waals surface area contributed by atoms with E-state index in [0.29, 0.717) is 6.29 Å². The number of benzene rings is 1. The standard InChI is InChI=1S/C20H25F2N3O5/c1-24(18-4-6-23-25(20(18)28)14(11-27)12-29-2)10-13(5-7-26)19-16(21)8-15(30-3)9-17(19)22/h4,6-9,13-14,27H,5,10-12H2,1-3H3. The number of anilines is 1. The molecule has 0 aliphatic rings. The molecule has 10 heteroatoms. The van der Waals surface area contributed by atoms with Gasteiger partial charge in [0, 0.05) is 56.9 Å². The molecular formula is C20H25F2N3O5. The zero-order valence-corrected chi connectivity index (χ0v) is 17.0. The molecule has 0 spiro atoms. The summed E-state index contributed by atoms with van der Waals surface area (Å²) in [6.07, 6.45) is 1.81. The van der Waals surface area contributed by atoms with E-state index in [1.807, 2.05) is 0 Å². The number of halogens is 2. The number of methoxy groups -OCH3 is 2. The van der Waals surface area contributed by atoms with Crippen LogP contribution < -0.4 is 15.2 Å². The van der Waals surface area contributed by atoms with Crippen LogP contribution >= 0.6 is 0 Å². The second-order valence-corrected chi connectivity index (χ2v) is 6.74. The lowest BCUT2D eigenvalue weighted by Crippen LogP contribution is -2.37. The largest absolute Gasteiger partial charge is 0.497 e. The summed E-state index contributed by atoms with van der Waals surface area (Å²) in [5, 5.41) is 13.5. The molecule has 1 heterocycles. The molecule has 1 aromatic carbocycles. The van der Waals surface area contributed by atoms with Crippen LogP contribution in [-0.4, -0.2) is 62.2 Å². The number of aldehydes is 1. The van der Waals surface area contributed by atoms with Crippen molar-refractivity contribution < 1.29 is 28.2 Å². The van der Waals surface area contributed by atoms with E-state index in [4.69, 9.17) is 9.47 Å². The molecule has 0 aliphatic carbocycles. The van der Waals surface area contributed by atoms with Crippen molar-refractivity contribution in [2.75, 3.05) is 45.9 Å². The summed E-state index contributed by atoms with van der Waals surface area (Å²) in [7, 11) is 4.30. The average Bonchev–Trinajstić information content (AvgIpc) is 2.71. The topological polar surface area (TPSA) is 93.9 Å². The number of carbonyl (C=O) groups excluding carboxylic acids is 1. The number of hydrogen-bond acceptors (Lipinski definition) is 7. The highest BCUT2D eigenvalue weighted by molar-refractivity contribution is 5.53. The molecule has 1 aromatic heterocycles. The first-order valence-electron chi connectivity index (χ1n) is 9.23. The minimum atomic E-state index is -0.841. The fraction of sp³-hybridized carbons (Fsp3) is 0.450. The van der Waals surface area contributed by atoms with Gasteiger partial charge in [0.2, 0.25) is 0 Å². The third kappa shape index (κ3) is 5.19. The lowest BCUT2D eigenvalue weighted by Gasteiger charge is -2.26. The molecule has 2 unspecified atom stereocenters. The summed E-state index contributed by atoms with van der Waals surface area (Å²) in [6, 6.07) is 2.87. The van der Waals surface area contributed by atoms with Crippen LogP contribution in [0.3, 0.4) is 0 Å². The summed E-state index contributed by atoms with van der Waals surface area (Å²) < 4.78 is 40.0. The molecule has 0 saturated carbocycles. The lowest BCUT2D eigenvalue weighted by atomic mass is 9.94. The fourth-order valence-corrected chi connectivity index (χ4v) is 3.26. The SMILES string of the molecule is COCC(CO)n1nccc(N(C)CC(CC=O)c2c(F)cc(OC)cc2F)c1=O. The van der Waals surface area contributed by atoms with E-state index in [0.717, 1.165) is 16.8 Å². The van der Waals surface area contributed by atoms with Gasteiger partial charge >= 0.3 is 0 Å². The molecule has 2 atom stereocenters. The molecule has 164 valence electrons. The Hall–Kier alpha value is -2.85. The third-order valence-corrected chi connectivity index (χ3v) is 4.75. The quantitative estimate of drug-likeness (QED) is 0.546. The second kappa shape index (κ2) is 10.8. The van der Waals surface area contributed by atoms with Crippen molar-refractivity contribution in [3.05, 3.63) is 51.9 Å². The number of hydrogen-bond donors (Lipinski definition) is 1. The maximum Gasteiger partial charge on any atom is 0.290 e. The second-order valence-electron chi connectivity index (χ2n) is 6.74. The van der Waals surface area contributed by atoms with E-state index >= 15 is 0 Å². The predicted molar refractivity (Wildman–Crippen MR) is 106 cm³/mol. The van der Waals surface area contributed by atoms with Gasteiger partial charge in [-0.2, -0.15) is 5.10 Å². The highest BCUT2D eigenvalue weighted by Gasteiger charge is 2.24. The molecule has 1 N–H and O–H groups in total. The number of carbonyl (C=O) groups is 1. The Balaban J connectivity index is 2.38. The summed E-state index contributed by atoms with van der Waals surface area (Å²) in [5.74, 6) is -2.48. The Morgan fingerprint density at radius 3 is 2.50 bits per heavy atom. The van der Waals surface area contributed by atoms with Crippen molar-refractivity contribution in [3.8, 4) is 5.75 Å². The molecule has 0 amide bonds. The molecule has 2 rings (SSSR count). The Labute approximate surface area is 172 Å². The van der Waals surface area contributed by atoms with Crippen LogP contribution in [0.25, 0.3) is 0 Å². The Morgan fingerprint density at radius 2 is 1.97 bits per heavy atom. The van der Waals surface area contributed by atoms with Crippen molar-refractivity contribution in [2.45, 2.75) is 18.4 Å². The summed E-state index contributed by atoms with van der Waals surface area (Å²) in [5.41, 5.74) is -0.557. The number of aliphatic hydroxyl groups is 1. The Kier molecular flexibility index (Phi) is 8.43. The van der Waals surface area contributed by atoms with Gasteiger partial charge in [0.15, 0.2) is 0 Å². The van der Waals surface area contributed by atoms with Gasteiger partial charge in [-0.25, -0.2) is 13.5 Å². The Morgan fingerprint density at radius 1 is 1.30 bits per heavy atom. The summed E-state index contributed by atoms with van der Waals surface area (Å²) in [4.78, 5) is 25.5. The number of likely N-dealkylation sites (N-methyl/N-ethyl adjacent to an activating group) is 1. The number of ether oxygens (including phenoxy) is 2. The zero-order valence-electron chi connectivity index (χ0n) is 17.0. The predicted octanol–water partition coefficient (Wildman–Crippen LogP) is 1.52. The van der Waals surface area contributed by atoms with Gasteiger partial charge in [0.25, 0.3) is 5.56 Å². The van der Waals surface area contributed by atoms with Crippen LogP contribution in [0.2, 0.25) is 0 Å². The van der Waals surface area contributed by atoms with Crippen LogP contribution in [0.5, 0.6) is 5.75 Å². The van der Waals surface area contributed by atoms with Crippen LogP contribution in [-0.2, 0) is 9.53 Å². The molecular weight excluding hydrogens is 400 g/mol. The summed E-state index contributed by atoms with van der Waals surface area (Å²) in [6.45, 7) is -0.289. The van der Waals surface area contributed by atoms with E-state index in [9.17, 15) is 23.5 Å². The maximum atomic E-state index is 14.5. The molecule has 0 bridgehead atoms. The fourth-order valence-electron chi connectivity index (χ4n) is 3.26. The van der Waals surface area contributed by atoms with E-state index in [-0.39, 0.29) is 43.2 Å². The van der Waals surface area contributed by atoms with Crippen molar-refractivity contribution in [1.82, 2.24) is 9.78 Å². The number of rotatable bonds is 11. The highest BCUT2D eigenvalue weighted by Crippen LogP contribution is 2.30. The minimum absolute atomic E-state index is 0.00771. The van der Waals surface area contributed by atoms with Gasteiger partial charge in [-0.3, -0.25) is 4.79 Å². The van der Waals surface area contributed by atoms with Gasteiger partial charge < -0.3 is 24.3 Å². The van der Waals surface area contributed by atoms with Crippen molar-refractivity contribution in [3.63, 3.8) is 0 Å². The number of aliphatic hydroxyl groups excluding tert-OH is 1. The van der Waals surface area contributed by atoms with Crippen molar-refractivity contribution in [1.29, 1.82) is 0 Å². The molecule has 0 saturated heterocycles. The summed E-state index contributed by atoms with van der Waals surface area (Å²) >= 11 is 0. The van der Waals surface area contributed by atoms with Crippen molar-refractivity contribution >= 4 is 12.0 Å². The monoisotopic (exact) mass is 425 g/mol. The van der Waals surface area contributed by atoms with Gasteiger partial charge in [-0.05, 0) is 6.07 Å². The first kappa shape index (κ1) is 23.4.